The van der Waals surface area contributed by atoms with Gasteiger partial charge < -0.3 is 14.8 Å². The zero-order valence-corrected chi connectivity index (χ0v) is 10.4. The lowest BCUT2D eigenvalue weighted by molar-refractivity contribution is 0.174. The highest BCUT2D eigenvalue weighted by atomic mass is 16.7. The van der Waals surface area contributed by atoms with Crippen molar-refractivity contribution in [3.8, 4) is 11.5 Å². The number of hydrogen-bond acceptors (Lipinski definition) is 4. The maximum absolute atomic E-state index is 5.36. The Morgan fingerprint density at radius 2 is 2.00 bits per heavy atom. The first-order valence-corrected chi connectivity index (χ1v) is 6.41. The molecule has 0 amide bonds. The zero-order valence-electron chi connectivity index (χ0n) is 10.4. The average molecular weight is 246 g/mol. The van der Waals surface area contributed by atoms with Gasteiger partial charge in [0.1, 0.15) is 0 Å². The lowest BCUT2D eigenvalue weighted by Crippen LogP contribution is -2.43. The molecule has 1 N–H and O–H groups in total. The van der Waals surface area contributed by atoms with Gasteiger partial charge in [-0.1, -0.05) is 18.2 Å². The Morgan fingerprint density at radius 3 is 2.89 bits per heavy atom. The molecular weight excluding hydrogens is 228 g/mol. The molecule has 18 heavy (non-hydrogen) atoms. The van der Waals surface area contributed by atoms with Crippen LogP contribution in [0.2, 0.25) is 0 Å². The third-order valence-electron chi connectivity index (χ3n) is 3.28. The Labute approximate surface area is 107 Å². The summed E-state index contributed by atoms with van der Waals surface area (Å²) in [5.74, 6) is 1.69. The summed E-state index contributed by atoms with van der Waals surface area (Å²) in [7, 11) is 0. The van der Waals surface area contributed by atoms with E-state index in [4.69, 9.17) is 9.47 Å². The first-order chi connectivity index (χ1) is 8.92. The molecule has 0 unspecified atom stereocenters. The van der Waals surface area contributed by atoms with Crippen molar-refractivity contribution < 1.29 is 9.47 Å². The van der Waals surface area contributed by atoms with E-state index < -0.39 is 0 Å². The monoisotopic (exact) mass is 246 g/mol. The summed E-state index contributed by atoms with van der Waals surface area (Å²) in [4.78, 5) is 2.44. The summed E-state index contributed by atoms with van der Waals surface area (Å²) in [6, 6.07) is 6.05. The van der Waals surface area contributed by atoms with E-state index in [0.29, 0.717) is 6.79 Å². The Hall–Kier alpha value is -1.52. The first kappa shape index (κ1) is 11.6. The molecule has 0 saturated carbocycles. The molecule has 4 heteroatoms. The van der Waals surface area contributed by atoms with Gasteiger partial charge in [0.05, 0.1) is 0 Å². The average Bonchev–Trinajstić information content (AvgIpc) is 2.87. The highest BCUT2D eigenvalue weighted by molar-refractivity contribution is 5.56. The van der Waals surface area contributed by atoms with E-state index in [9.17, 15) is 0 Å². The number of rotatable bonds is 3. The smallest absolute Gasteiger partial charge is 0.231 e. The van der Waals surface area contributed by atoms with Crippen molar-refractivity contribution in [2.45, 2.75) is 0 Å². The molecule has 1 aromatic rings. The normalized spacial score (nSPS) is 19.6. The van der Waals surface area contributed by atoms with Crippen LogP contribution in [-0.2, 0) is 0 Å². The zero-order chi connectivity index (χ0) is 12.2. The van der Waals surface area contributed by atoms with Crippen LogP contribution in [0.4, 0.5) is 0 Å². The minimum Gasteiger partial charge on any atom is -0.454 e. The molecule has 3 rings (SSSR count). The van der Waals surface area contributed by atoms with E-state index in [1.165, 1.54) is 0 Å². The number of nitrogens with zero attached hydrogens (tertiary/aromatic N) is 1. The molecule has 2 heterocycles. The van der Waals surface area contributed by atoms with Crippen molar-refractivity contribution >= 4 is 6.08 Å². The van der Waals surface area contributed by atoms with Crippen molar-refractivity contribution in [1.82, 2.24) is 10.2 Å². The number of piperazine rings is 1. The molecule has 4 nitrogen and oxygen atoms in total. The van der Waals surface area contributed by atoms with Gasteiger partial charge in [0, 0.05) is 32.7 Å². The second-order valence-electron chi connectivity index (χ2n) is 4.57. The van der Waals surface area contributed by atoms with Crippen molar-refractivity contribution in [2.24, 2.45) is 0 Å². The molecule has 0 bridgehead atoms. The SMILES string of the molecule is C(=C\c1ccc2c(c1)OCO2)/CN1CCNCC1. The molecule has 2 aliphatic heterocycles. The molecule has 0 radical (unpaired) electrons. The summed E-state index contributed by atoms with van der Waals surface area (Å²) in [5.41, 5.74) is 1.16. The number of nitrogens with one attached hydrogen (secondary N) is 1. The maximum Gasteiger partial charge on any atom is 0.231 e. The van der Waals surface area contributed by atoms with Crippen LogP contribution in [0.3, 0.4) is 0 Å². The van der Waals surface area contributed by atoms with Gasteiger partial charge in [0.25, 0.3) is 0 Å². The minimum absolute atomic E-state index is 0.337. The van der Waals surface area contributed by atoms with E-state index in [-0.39, 0.29) is 0 Å². The second-order valence-corrected chi connectivity index (χ2v) is 4.57. The van der Waals surface area contributed by atoms with Crippen molar-refractivity contribution in [3.05, 3.63) is 29.8 Å². The van der Waals surface area contributed by atoms with Crippen molar-refractivity contribution in [2.75, 3.05) is 39.5 Å². The maximum atomic E-state index is 5.36. The fraction of sp³-hybridized carbons (Fsp3) is 0.429. The summed E-state index contributed by atoms with van der Waals surface area (Å²) in [5, 5.41) is 3.35. The van der Waals surface area contributed by atoms with E-state index >= 15 is 0 Å². The Kier molecular flexibility index (Phi) is 3.48. The molecule has 1 fully saturated rings. The fourth-order valence-electron chi connectivity index (χ4n) is 2.25. The first-order valence-electron chi connectivity index (χ1n) is 6.41. The van der Waals surface area contributed by atoms with Crippen LogP contribution < -0.4 is 14.8 Å². The predicted molar refractivity (Wildman–Crippen MR) is 70.9 cm³/mol. The van der Waals surface area contributed by atoms with Gasteiger partial charge in [-0.2, -0.15) is 0 Å². The van der Waals surface area contributed by atoms with Gasteiger partial charge in [-0.25, -0.2) is 0 Å². The number of hydrogen-bond donors (Lipinski definition) is 1. The van der Waals surface area contributed by atoms with Crippen molar-refractivity contribution in [3.63, 3.8) is 0 Å². The number of benzene rings is 1. The highest BCUT2D eigenvalue weighted by Gasteiger charge is 2.12. The molecule has 0 spiro atoms. The molecule has 0 aliphatic carbocycles. The number of fused-ring (bicyclic) bond motifs is 1. The molecule has 2 aliphatic rings. The van der Waals surface area contributed by atoms with Crippen LogP contribution in [0, 0.1) is 0 Å². The summed E-state index contributed by atoms with van der Waals surface area (Å²) in [6.07, 6.45) is 4.35. The third kappa shape index (κ3) is 2.66. The quantitative estimate of drug-likeness (QED) is 0.872. The van der Waals surface area contributed by atoms with Gasteiger partial charge >= 0.3 is 0 Å². The van der Waals surface area contributed by atoms with E-state index in [2.05, 4.69) is 28.4 Å². The van der Waals surface area contributed by atoms with Crippen LogP contribution in [-0.4, -0.2) is 44.4 Å². The van der Waals surface area contributed by atoms with Gasteiger partial charge in [0.15, 0.2) is 11.5 Å². The van der Waals surface area contributed by atoms with E-state index in [0.717, 1.165) is 49.8 Å². The molecule has 1 saturated heterocycles. The lowest BCUT2D eigenvalue weighted by atomic mass is 10.2. The van der Waals surface area contributed by atoms with Crippen molar-refractivity contribution in [1.29, 1.82) is 0 Å². The fourth-order valence-corrected chi connectivity index (χ4v) is 2.25. The van der Waals surface area contributed by atoms with Gasteiger partial charge in [0.2, 0.25) is 6.79 Å². The summed E-state index contributed by atoms with van der Waals surface area (Å²) < 4.78 is 10.7. The minimum atomic E-state index is 0.337. The predicted octanol–water partition coefficient (Wildman–Crippen LogP) is 1.33. The standard InChI is InChI=1S/C14H18N2O2/c1(7-16-8-5-15-6-9-16)2-12-3-4-13-14(10-12)18-11-17-13/h1-4,10,15H,5-9,11H2/b2-1+. The lowest BCUT2D eigenvalue weighted by Gasteiger charge is -2.25. The molecule has 0 aromatic heterocycles. The molecule has 96 valence electrons. The largest absolute Gasteiger partial charge is 0.454 e. The van der Waals surface area contributed by atoms with Gasteiger partial charge in [-0.15, -0.1) is 0 Å². The van der Waals surface area contributed by atoms with Crippen LogP contribution in [0.15, 0.2) is 24.3 Å². The Bertz CT molecular complexity index is 439. The Balaban J connectivity index is 1.58. The molecular formula is C14H18N2O2. The molecule has 0 atom stereocenters. The van der Waals surface area contributed by atoms with Gasteiger partial charge in [-0.3, -0.25) is 4.90 Å². The Morgan fingerprint density at radius 1 is 1.17 bits per heavy atom. The summed E-state index contributed by atoms with van der Waals surface area (Å²) >= 11 is 0. The second kappa shape index (κ2) is 5.42. The van der Waals surface area contributed by atoms with Crippen LogP contribution >= 0.6 is 0 Å². The number of ether oxygens (including phenoxy) is 2. The van der Waals surface area contributed by atoms with Crippen LogP contribution in [0.25, 0.3) is 6.08 Å². The highest BCUT2D eigenvalue weighted by Crippen LogP contribution is 2.32. The van der Waals surface area contributed by atoms with Crippen LogP contribution in [0.1, 0.15) is 5.56 Å². The van der Waals surface area contributed by atoms with Crippen LogP contribution in [0.5, 0.6) is 11.5 Å². The summed E-state index contributed by atoms with van der Waals surface area (Å²) in [6.45, 7) is 5.80. The topological polar surface area (TPSA) is 33.7 Å². The van der Waals surface area contributed by atoms with E-state index in [1.807, 2.05) is 12.1 Å². The van der Waals surface area contributed by atoms with Gasteiger partial charge in [-0.05, 0) is 17.7 Å². The van der Waals surface area contributed by atoms with E-state index in [1.54, 1.807) is 0 Å². The third-order valence-corrected chi connectivity index (χ3v) is 3.28. The molecule has 1 aromatic carbocycles.